The third-order valence-corrected chi connectivity index (χ3v) is 3.73. The third kappa shape index (κ3) is 4.51. The SMILES string of the molecule is O=C(O)CCCNC(=O)N1CCCCCC1c1ccco1. The second-order valence-electron chi connectivity index (χ2n) is 5.30. The Hall–Kier alpha value is -1.98. The van der Waals surface area contributed by atoms with Crippen LogP contribution in [0.4, 0.5) is 4.79 Å². The van der Waals surface area contributed by atoms with Crippen LogP contribution in [0.2, 0.25) is 0 Å². The number of carbonyl (C=O) groups is 2. The standard InChI is InChI=1S/C15H22N2O4/c18-14(19)8-4-9-16-15(20)17-10-3-1-2-6-12(17)13-7-5-11-21-13/h5,7,11-12H,1-4,6,8-10H2,(H,16,20)(H,18,19). The number of likely N-dealkylation sites (tertiary alicyclic amines) is 1. The molecule has 1 aliphatic heterocycles. The first-order valence-electron chi connectivity index (χ1n) is 7.48. The van der Waals surface area contributed by atoms with Crippen molar-refractivity contribution in [3.05, 3.63) is 24.2 Å². The summed E-state index contributed by atoms with van der Waals surface area (Å²) in [7, 11) is 0. The fourth-order valence-corrected chi connectivity index (χ4v) is 2.66. The minimum Gasteiger partial charge on any atom is -0.481 e. The predicted molar refractivity (Wildman–Crippen MR) is 76.9 cm³/mol. The van der Waals surface area contributed by atoms with E-state index in [9.17, 15) is 9.59 Å². The average molecular weight is 294 g/mol. The topological polar surface area (TPSA) is 82.8 Å². The maximum absolute atomic E-state index is 12.3. The molecule has 2 amide bonds. The molecule has 0 saturated carbocycles. The maximum Gasteiger partial charge on any atom is 0.318 e. The van der Waals surface area contributed by atoms with Crippen LogP contribution in [0.15, 0.2) is 22.8 Å². The van der Waals surface area contributed by atoms with Crippen molar-refractivity contribution < 1.29 is 19.1 Å². The van der Waals surface area contributed by atoms with Gasteiger partial charge < -0.3 is 19.7 Å². The Morgan fingerprint density at radius 3 is 2.95 bits per heavy atom. The fourth-order valence-electron chi connectivity index (χ4n) is 2.66. The zero-order valence-corrected chi connectivity index (χ0v) is 12.1. The van der Waals surface area contributed by atoms with Crippen LogP contribution in [0.1, 0.15) is 50.3 Å². The summed E-state index contributed by atoms with van der Waals surface area (Å²) in [6, 6.07) is 3.58. The number of amides is 2. The van der Waals surface area contributed by atoms with E-state index in [2.05, 4.69) is 5.32 Å². The number of urea groups is 1. The van der Waals surface area contributed by atoms with Crippen molar-refractivity contribution in [2.45, 2.75) is 44.6 Å². The van der Waals surface area contributed by atoms with Crippen molar-refractivity contribution in [2.75, 3.05) is 13.1 Å². The molecule has 116 valence electrons. The van der Waals surface area contributed by atoms with Gasteiger partial charge in [-0.15, -0.1) is 0 Å². The predicted octanol–water partition coefficient (Wildman–Crippen LogP) is 2.77. The number of carboxylic acid groups (broad SMARTS) is 1. The van der Waals surface area contributed by atoms with Crippen molar-refractivity contribution in [3.63, 3.8) is 0 Å². The molecular formula is C15H22N2O4. The van der Waals surface area contributed by atoms with E-state index in [4.69, 9.17) is 9.52 Å². The lowest BCUT2D eigenvalue weighted by Gasteiger charge is -2.28. The number of hydrogen-bond donors (Lipinski definition) is 2. The third-order valence-electron chi connectivity index (χ3n) is 3.73. The van der Waals surface area contributed by atoms with E-state index >= 15 is 0 Å². The van der Waals surface area contributed by atoms with E-state index in [0.29, 0.717) is 19.5 Å². The molecule has 2 N–H and O–H groups in total. The normalized spacial score (nSPS) is 19.0. The molecule has 2 heterocycles. The number of hydrogen-bond acceptors (Lipinski definition) is 3. The van der Waals surface area contributed by atoms with Crippen molar-refractivity contribution in [2.24, 2.45) is 0 Å². The molecule has 6 nitrogen and oxygen atoms in total. The summed E-state index contributed by atoms with van der Waals surface area (Å²) in [5.74, 6) is -0.0231. The monoisotopic (exact) mass is 294 g/mol. The summed E-state index contributed by atoms with van der Waals surface area (Å²) >= 11 is 0. The van der Waals surface area contributed by atoms with Crippen molar-refractivity contribution >= 4 is 12.0 Å². The van der Waals surface area contributed by atoms with E-state index in [1.807, 2.05) is 17.0 Å². The minimum atomic E-state index is -0.840. The lowest BCUT2D eigenvalue weighted by molar-refractivity contribution is -0.137. The Kier molecular flexibility index (Phi) is 5.66. The van der Waals surface area contributed by atoms with Crippen LogP contribution in [0.5, 0.6) is 0 Å². The van der Waals surface area contributed by atoms with Gasteiger partial charge in [-0.1, -0.05) is 12.8 Å². The van der Waals surface area contributed by atoms with Crippen LogP contribution in [-0.4, -0.2) is 35.1 Å². The van der Waals surface area contributed by atoms with Gasteiger partial charge in [0.05, 0.1) is 12.3 Å². The van der Waals surface area contributed by atoms with Gasteiger partial charge in [-0.2, -0.15) is 0 Å². The molecule has 1 atom stereocenters. The van der Waals surface area contributed by atoms with Crippen LogP contribution in [0.3, 0.4) is 0 Å². The summed E-state index contributed by atoms with van der Waals surface area (Å²) in [6.07, 6.45) is 6.22. The molecule has 0 radical (unpaired) electrons. The number of aliphatic carboxylic acids is 1. The quantitative estimate of drug-likeness (QED) is 0.818. The van der Waals surface area contributed by atoms with Gasteiger partial charge >= 0.3 is 12.0 Å². The molecule has 1 unspecified atom stereocenters. The molecule has 2 rings (SSSR count). The molecular weight excluding hydrogens is 272 g/mol. The van der Waals surface area contributed by atoms with Gasteiger partial charge in [0, 0.05) is 19.5 Å². The highest BCUT2D eigenvalue weighted by Gasteiger charge is 2.28. The van der Waals surface area contributed by atoms with Crippen LogP contribution in [-0.2, 0) is 4.79 Å². The number of furan rings is 1. The van der Waals surface area contributed by atoms with Gasteiger partial charge in [0.25, 0.3) is 0 Å². The van der Waals surface area contributed by atoms with E-state index < -0.39 is 5.97 Å². The first-order chi connectivity index (χ1) is 10.2. The average Bonchev–Trinajstić information content (AvgIpc) is 2.87. The van der Waals surface area contributed by atoms with Gasteiger partial charge in [0.1, 0.15) is 5.76 Å². The molecule has 1 aliphatic rings. The number of nitrogens with zero attached hydrogens (tertiary/aromatic N) is 1. The number of carbonyl (C=O) groups excluding carboxylic acids is 1. The van der Waals surface area contributed by atoms with E-state index in [-0.39, 0.29) is 18.5 Å². The van der Waals surface area contributed by atoms with Crippen LogP contribution < -0.4 is 5.32 Å². The Morgan fingerprint density at radius 2 is 2.24 bits per heavy atom. The lowest BCUT2D eigenvalue weighted by atomic mass is 10.1. The number of rotatable bonds is 5. The molecule has 1 saturated heterocycles. The fraction of sp³-hybridized carbons (Fsp3) is 0.600. The van der Waals surface area contributed by atoms with E-state index in [0.717, 1.165) is 31.4 Å². The molecule has 0 spiro atoms. The zero-order chi connectivity index (χ0) is 15.1. The van der Waals surface area contributed by atoms with Crippen LogP contribution in [0, 0.1) is 0 Å². The Bertz CT molecular complexity index is 458. The van der Waals surface area contributed by atoms with Crippen molar-refractivity contribution in [1.82, 2.24) is 10.2 Å². The summed E-state index contributed by atoms with van der Waals surface area (Å²) in [5, 5.41) is 11.4. The lowest BCUT2D eigenvalue weighted by Crippen LogP contribution is -2.42. The second-order valence-corrected chi connectivity index (χ2v) is 5.30. The molecule has 0 aromatic carbocycles. The van der Waals surface area contributed by atoms with Crippen LogP contribution >= 0.6 is 0 Å². The molecule has 1 aromatic heterocycles. The highest BCUT2D eigenvalue weighted by Crippen LogP contribution is 2.30. The second kappa shape index (κ2) is 7.71. The summed E-state index contributed by atoms with van der Waals surface area (Å²) in [6.45, 7) is 1.09. The smallest absolute Gasteiger partial charge is 0.318 e. The van der Waals surface area contributed by atoms with Crippen molar-refractivity contribution in [3.8, 4) is 0 Å². The van der Waals surface area contributed by atoms with Gasteiger partial charge in [0.2, 0.25) is 0 Å². The molecule has 1 aromatic rings. The van der Waals surface area contributed by atoms with Crippen LogP contribution in [0.25, 0.3) is 0 Å². The highest BCUT2D eigenvalue weighted by molar-refractivity contribution is 5.74. The molecule has 0 bridgehead atoms. The molecule has 6 heteroatoms. The van der Waals surface area contributed by atoms with Crippen molar-refractivity contribution in [1.29, 1.82) is 0 Å². The van der Waals surface area contributed by atoms with Gasteiger partial charge in [-0.05, 0) is 31.4 Å². The Morgan fingerprint density at radius 1 is 1.38 bits per heavy atom. The largest absolute Gasteiger partial charge is 0.481 e. The molecule has 0 aliphatic carbocycles. The summed E-state index contributed by atoms with van der Waals surface area (Å²) in [4.78, 5) is 24.6. The first kappa shape index (κ1) is 15.4. The molecule has 1 fully saturated rings. The Balaban J connectivity index is 1.93. The number of carboxylic acids is 1. The van der Waals surface area contributed by atoms with E-state index in [1.54, 1.807) is 6.26 Å². The summed E-state index contributed by atoms with van der Waals surface area (Å²) in [5.41, 5.74) is 0. The van der Waals surface area contributed by atoms with Gasteiger partial charge in [0.15, 0.2) is 0 Å². The maximum atomic E-state index is 12.3. The zero-order valence-electron chi connectivity index (χ0n) is 12.1. The first-order valence-corrected chi connectivity index (χ1v) is 7.48. The molecule has 21 heavy (non-hydrogen) atoms. The van der Waals surface area contributed by atoms with Gasteiger partial charge in [-0.25, -0.2) is 4.79 Å². The van der Waals surface area contributed by atoms with E-state index in [1.165, 1.54) is 0 Å². The van der Waals surface area contributed by atoms with Gasteiger partial charge in [-0.3, -0.25) is 4.79 Å². The minimum absolute atomic E-state index is 0.0260. The highest BCUT2D eigenvalue weighted by atomic mass is 16.4. The Labute approximate surface area is 124 Å². The summed E-state index contributed by atoms with van der Waals surface area (Å²) < 4.78 is 5.47. The number of nitrogens with one attached hydrogen (secondary N) is 1.